The van der Waals surface area contributed by atoms with Crippen LogP contribution in [0.3, 0.4) is 0 Å². The minimum Gasteiger partial charge on any atom is -0.378 e. The lowest BCUT2D eigenvalue weighted by Gasteiger charge is -2.27. The predicted octanol–water partition coefficient (Wildman–Crippen LogP) is 5.24. The minimum absolute atomic E-state index is 0.00937. The van der Waals surface area contributed by atoms with E-state index >= 15 is 0 Å². The lowest BCUT2D eigenvalue weighted by Crippen LogP contribution is -2.41. The highest BCUT2D eigenvalue weighted by molar-refractivity contribution is 7.20. The van der Waals surface area contributed by atoms with Crippen molar-refractivity contribution in [1.82, 2.24) is 4.90 Å². The van der Waals surface area contributed by atoms with E-state index in [1.54, 1.807) is 4.90 Å². The number of carbonyl (C=O) groups excluding carboxylic acids is 2. The Bertz CT molecular complexity index is 1130. The highest BCUT2D eigenvalue weighted by Gasteiger charge is 2.28. The standard InChI is InChI=1S/C23H20ClFN2O3S/c1-14-19(23(29)27-9-11-30-12-10-27)22(31-20(14)15-5-3-2-4-6-15)26-21(28)17-8-7-16(25)13-18(17)24/h2-8,13H,9-12H2,1H3,(H,26,28). The molecule has 1 aliphatic rings. The number of nitrogens with one attached hydrogen (secondary N) is 1. The van der Waals surface area contributed by atoms with Gasteiger partial charge in [-0.1, -0.05) is 41.9 Å². The quantitative estimate of drug-likeness (QED) is 0.581. The third kappa shape index (κ3) is 4.49. The van der Waals surface area contributed by atoms with Gasteiger partial charge < -0.3 is 15.0 Å². The van der Waals surface area contributed by atoms with Gasteiger partial charge in [0.05, 0.1) is 29.4 Å². The molecule has 2 amide bonds. The first-order valence-electron chi connectivity index (χ1n) is 9.78. The smallest absolute Gasteiger partial charge is 0.257 e. The molecule has 0 spiro atoms. The lowest BCUT2D eigenvalue weighted by molar-refractivity contribution is 0.0303. The molecule has 8 heteroatoms. The maximum absolute atomic E-state index is 13.4. The van der Waals surface area contributed by atoms with E-state index in [4.69, 9.17) is 16.3 Å². The van der Waals surface area contributed by atoms with Gasteiger partial charge in [-0.15, -0.1) is 11.3 Å². The van der Waals surface area contributed by atoms with Crippen molar-refractivity contribution in [3.63, 3.8) is 0 Å². The number of benzene rings is 2. The third-order valence-electron chi connectivity index (χ3n) is 5.10. The van der Waals surface area contributed by atoms with Gasteiger partial charge in [-0.05, 0) is 36.2 Å². The fourth-order valence-corrected chi connectivity index (χ4v) is 4.95. The summed E-state index contributed by atoms with van der Waals surface area (Å²) in [5.74, 6) is -1.18. The van der Waals surface area contributed by atoms with Crippen LogP contribution in [-0.4, -0.2) is 43.0 Å². The molecule has 1 fully saturated rings. The predicted molar refractivity (Wildman–Crippen MR) is 121 cm³/mol. The molecule has 0 bridgehead atoms. The summed E-state index contributed by atoms with van der Waals surface area (Å²) in [7, 11) is 0. The molecule has 2 heterocycles. The number of hydrogen-bond acceptors (Lipinski definition) is 4. The van der Waals surface area contributed by atoms with Crippen LogP contribution in [0.25, 0.3) is 10.4 Å². The Kier molecular flexibility index (Phi) is 6.36. The monoisotopic (exact) mass is 458 g/mol. The molecular formula is C23H20ClFN2O3S. The van der Waals surface area contributed by atoms with Crippen LogP contribution < -0.4 is 5.32 Å². The summed E-state index contributed by atoms with van der Waals surface area (Å²) in [5, 5.41) is 3.28. The molecule has 1 N–H and O–H groups in total. The van der Waals surface area contributed by atoms with Crippen molar-refractivity contribution in [2.75, 3.05) is 31.6 Å². The number of rotatable bonds is 4. The van der Waals surface area contributed by atoms with E-state index < -0.39 is 11.7 Å². The Labute approximate surface area is 188 Å². The van der Waals surface area contributed by atoms with Crippen LogP contribution >= 0.6 is 22.9 Å². The maximum Gasteiger partial charge on any atom is 0.257 e. The van der Waals surface area contributed by atoms with Gasteiger partial charge in [0.25, 0.3) is 11.8 Å². The number of nitrogens with zero attached hydrogens (tertiary/aromatic N) is 1. The number of amides is 2. The topological polar surface area (TPSA) is 58.6 Å². The van der Waals surface area contributed by atoms with E-state index in [1.807, 2.05) is 37.3 Å². The minimum atomic E-state index is -0.525. The van der Waals surface area contributed by atoms with E-state index in [9.17, 15) is 14.0 Å². The molecule has 1 aromatic heterocycles. The van der Waals surface area contributed by atoms with E-state index in [0.717, 1.165) is 22.1 Å². The Balaban J connectivity index is 1.74. The van der Waals surface area contributed by atoms with Gasteiger partial charge in [-0.25, -0.2) is 4.39 Å². The summed E-state index contributed by atoms with van der Waals surface area (Å²) in [6, 6.07) is 13.3. The van der Waals surface area contributed by atoms with Crippen molar-refractivity contribution in [2.24, 2.45) is 0 Å². The number of halogens is 2. The molecule has 1 aliphatic heterocycles. The third-order valence-corrected chi connectivity index (χ3v) is 6.67. The Morgan fingerprint density at radius 3 is 2.52 bits per heavy atom. The summed E-state index contributed by atoms with van der Waals surface area (Å²) in [6.45, 7) is 3.83. The Hall–Kier alpha value is -2.74. The molecule has 0 radical (unpaired) electrons. The largest absolute Gasteiger partial charge is 0.378 e. The molecule has 1 saturated heterocycles. The van der Waals surface area contributed by atoms with Gasteiger partial charge in [-0.2, -0.15) is 0 Å². The maximum atomic E-state index is 13.4. The van der Waals surface area contributed by atoms with Crippen LogP contribution in [0, 0.1) is 12.7 Å². The Morgan fingerprint density at radius 2 is 1.84 bits per heavy atom. The zero-order valence-electron chi connectivity index (χ0n) is 16.8. The number of ether oxygens (including phenoxy) is 1. The van der Waals surface area contributed by atoms with Gasteiger partial charge >= 0.3 is 0 Å². The van der Waals surface area contributed by atoms with Crippen LogP contribution in [-0.2, 0) is 4.74 Å². The van der Waals surface area contributed by atoms with E-state index in [-0.39, 0.29) is 16.5 Å². The number of hydrogen-bond donors (Lipinski definition) is 1. The van der Waals surface area contributed by atoms with Gasteiger partial charge in [0.2, 0.25) is 0 Å². The number of anilines is 1. The molecule has 3 aromatic rings. The van der Waals surface area contributed by atoms with Crippen LogP contribution in [0.15, 0.2) is 48.5 Å². The average Bonchev–Trinajstić information content (AvgIpc) is 3.10. The van der Waals surface area contributed by atoms with Crippen molar-refractivity contribution in [2.45, 2.75) is 6.92 Å². The molecule has 2 aromatic carbocycles. The fourth-order valence-electron chi connectivity index (χ4n) is 3.49. The second-order valence-corrected chi connectivity index (χ2v) is 8.54. The summed E-state index contributed by atoms with van der Waals surface area (Å²) in [5.41, 5.74) is 2.35. The SMILES string of the molecule is Cc1c(-c2ccccc2)sc(NC(=O)c2ccc(F)cc2Cl)c1C(=O)N1CCOCC1. The zero-order valence-corrected chi connectivity index (χ0v) is 18.4. The van der Waals surface area contributed by atoms with E-state index in [1.165, 1.54) is 23.5 Å². The molecule has 5 nitrogen and oxygen atoms in total. The number of morpholine rings is 1. The van der Waals surface area contributed by atoms with Crippen molar-refractivity contribution in [3.8, 4) is 10.4 Å². The molecular weight excluding hydrogens is 439 g/mol. The fraction of sp³-hybridized carbons (Fsp3) is 0.217. The lowest BCUT2D eigenvalue weighted by atomic mass is 10.1. The van der Waals surface area contributed by atoms with E-state index in [2.05, 4.69) is 5.32 Å². The second kappa shape index (κ2) is 9.18. The molecule has 4 rings (SSSR count). The van der Waals surface area contributed by atoms with Crippen LogP contribution in [0.4, 0.5) is 9.39 Å². The van der Waals surface area contributed by atoms with Gasteiger partial charge in [-0.3, -0.25) is 9.59 Å². The molecule has 0 saturated carbocycles. The normalized spacial score (nSPS) is 13.8. The average molecular weight is 459 g/mol. The number of thiophene rings is 1. The molecule has 31 heavy (non-hydrogen) atoms. The first kappa shape index (κ1) is 21.5. The van der Waals surface area contributed by atoms with Crippen LogP contribution in [0.2, 0.25) is 5.02 Å². The van der Waals surface area contributed by atoms with Gasteiger partial charge in [0.1, 0.15) is 10.8 Å². The van der Waals surface area contributed by atoms with Crippen LogP contribution in [0.5, 0.6) is 0 Å². The highest BCUT2D eigenvalue weighted by atomic mass is 35.5. The van der Waals surface area contributed by atoms with E-state index in [0.29, 0.717) is 36.9 Å². The van der Waals surface area contributed by atoms with Crippen molar-refractivity contribution < 1.29 is 18.7 Å². The summed E-state index contributed by atoms with van der Waals surface area (Å²) >= 11 is 7.40. The highest BCUT2D eigenvalue weighted by Crippen LogP contribution is 2.41. The number of carbonyl (C=O) groups is 2. The van der Waals surface area contributed by atoms with Crippen molar-refractivity contribution >= 4 is 39.8 Å². The van der Waals surface area contributed by atoms with Gasteiger partial charge in [0, 0.05) is 18.0 Å². The van der Waals surface area contributed by atoms with Crippen LogP contribution in [0.1, 0.15) is 26.3 Å². The first-order chi connectivity index (χ1) is 15.0. The van der Waals surface area contributed by atoms with Crippen molar-refractivity contribution in [3.05, 3.63) is 76.1 Å². The van der Waals surface area contributed by atoms with Gasteiger partial charge in [0.15, 0.2) is 0 Å². The Morgan fingerprint density at radius 1 is 1.13 bits per heavy atom. The summed E-state index contributed by atoms with van der Waals surface area (Å²) in [6.07, 6.45) is 0. The zero-order chi connectivity index (χ0) is 22.0. The summed E-state index contributed by atoms with van der Waals surface area (Å²) < 4.78 is 18.7. The molecule has 0 unspecified atom stereocenters. The summed E-state index contributed by atoms with van der Waals surface area (Å²) in [4.78, 5) is 28.9. The molecule has 0 aliphatic carbocycles. The van der Waals surface area contributed by atoms with Crippen molar-refractivity contribution in [1.29, 1.82) is 0 Å². The second-order valence-electron chi connectivity index (χ2n) is 7.11. The molecule has 160 valence electrons. The first-order valence-corrected chi connectivity index (χ1v) is 11.0. The molecule has 0 atom stereocenters.